The van der Waals surface area contributed by atoms with Crippen molar-refractivity contribution >= 4 is 40.2 Å². The first kappa shape index (κ1) is 22.2. The number of carbonyl (C=O) groups excluding carboxylic acids is 1. The Hall–Kier alpha value is -1.52. The van der Waals surface area contributed by atoms with Crippen molar-refractivity contribution in [2.24, 2.45) is 5.41 Å². The van der Waals surface area contributed by atoms with E-state index in [2.05, 4.69) is 76.9 Å². The van der Waals surface area contributed by atoms with Gasteiger partial charge in [0.2, 0.25) is 5.91 Å². The van der Waals surface area contributed by atoms with Gasteiger partial charge in [0.25, 0.3) is 0 Å². The van der Waals surface area contributed by atoms with Crippen LogP contribution in [0.15, 0.2) is 18.2 Å². The van der Waals surface area contributed by atoms with E-state index >= 15 is 0 Å². The summed E-state index contributed by atoms with van der Waals surface area (Å²) in [5, 5.41) is 3.14. The largest absolute Gasteiger partial charge is 0.367 e. The molecular formula is C24H33ClN2OS. The van der Waals surface area contributed by atoms with E-state index in [0.29, 0.717) is 6.42 Å². The molecule has 3 rings (SSSR count). The summed E-state index contributed by atoms with van der Waals surface area (Å²) >= 11 is 8.07. The number of hydrogen-bond donors (Lipinski definition) is 1. The Morgan fingerprint density at radius 2 is 1.83 bits per heavy atom. The Kier molecular flexibility index (Phi) is 6.08. The molecule has 5 heteroatoms. The Morgan fingerprint density at radius 3 is 2.41 bits per heavy atom. The Morgan fingerprint density at radius 1 is 1.21 bits per heavy atom. The monoisotopic (exact) mass is 432 g/mol. The highest BCUT2D eigenvalue weighted by atomic mass is 35.5. The summed E-state index contributed by atoms with van der Waals surface area (Å²) in [6.07, 6.45) is 1.59. The maximum absolute atomic E-state index is 12.4. The van der Waals surface area contributed by atoms with E-state index in [1.165, 1.54) is 16.1 Å². The number of benzene rings is 1. The van der Waals surface area contributed by atoms with Crippen LogP contribution in [-0.2, 0) is 16.8 Å². The van der Waals surface area contributed by atoms with Gasteiger partial charge in [0, 0.05) is 41.2 Å². The van der Waals surface area contributed by atoms with E-state index < -0.39 is 0 Å². The van der Waals surface area contributed by atoms with Gasteiger partial charge in [-0.15, -0.1) is 11.3 Å². The van der Waals surface area contributed by atoms with Crippen molar-refractivity contribution in [2.75, 3.05) is 16.8 Å². The average molecular weight is 433 g/mol. The van der Waals surface area contributed by atoms with Crippen LogP contribution in [0.3, 0.4) is 0 Å². The highest BCUT2D eigenvalue weighted by molar-refractivity contribution is 7.16. The first-order chi connectivity index (χ1) is 13.4. The summed E-state index contributed by atoms with van der Waals surface area (Å²) in [6.45, 7) is 16.9. The molecule has 1 aliphatic rings. The number of fused-ring (bicyclic) bond motifs is 1. The third-order valence-electron chi connectivity index (χ3n) is 5.60. The average Bonchev–Trinajstić information content (AvgIpc) is 2.89. The van der Waals surface area contributed by atoms with E-state index in [1.807, 2.05) is 0 Å². The molecule has 0 spiro atoms. The molecule has 0 saturated heterocycles. The normalized spacial score (nSPS) is 16.3. The fourth-order valence-electron chi connectivity index (χ4n) is 4.10. The molecule has 1 aromatic carbocycles. The highest BCUT2D eigenvalue weighted by Gasteiger charge is 2.31. The molecule has 2 aromatic rings. The van der Waals surface area contributed by atoms with Crippen molar-refractivity contribution in [3.8, 4) is 0 Å². The summed E-state index contributed by atoms with van der Waals surface area (Å²) in [7, 11) is 0. The first-order valence-electron chi connectivity index (χ1n) is 10.3. The lowest BCUT2D eigenvalue weighted by Gasteiger charge is -2.27. The zero-order valence-electron chi connectivity index (χ0n) is 18.7. The fraction of sp³-hybridized carbons (Fsp3) is 0.542. The van der Waals surface area contributed by atoms with Gasteiger partial charge in [-0.3, -0.25) is 4.79 Å². The SMILES string of the molecule is Cc1cc(N2CCC(C)(C)c3sc(Cl)cc3C2)cc(C)c1NC(=O)CC(C)(C)C. The molecule has 3 nitrogen and oxygen atoms in total. The van der Waals surface area contributed by atoms with Gasteiger partial charge in [0.05, 0.1) is 4.34 Å². The van der Waals surface area contributed by atoms with Crippen molar-refractivity contribution in [3.05, 3.63) is 44.1 Å². The van der Waals surface area contributed by atoms with Crippen molar-refractivity contribution in [2.45, 2.75) is 73.3 Å². The minimum absolute atomic E-state index is 0.0236. The molecule has 1 aliphatic heterocycles. The molecule has 0 atom stereocenters. The zero-order valence-corrected chi connectivity index (χ0v) is 20.3. The van der Waals surface area contributed by atoms with Gasteiger partial charge in [-0.2, -0.15) is 0 Å². The predicted octanol–water partition coefficient (Wildman–Crippen LogP) is 7.08. The second-order valence-electron chi connectivity index (χ2n) is 10.2. The van der Waals surface area contributed by atoms with Crippen LogP contribution in [0, 0.1) is 19.3 Å². The molecule has 29 heavy (non-hydrogen) atoms. The van der Waals surface area contributed by atoms with E-state index in [-0.39, 0.29) is 16.7 Å². The Balaban J connectivity index is 1.86. The lowest BCUT2D eigenvalue weighted by Crippen LogP contribution is -2.25. The van der Waals surface area contributed by atoms with Gasteiger partial charge in [-0.1, -0.05) is 46.2 Å². The lowest BCUT2D eigenvalue weighted by molar-refractivity contribution is -0.117. The van der Waals surface area contributed by atoms with Crippen LogP contribution >= 0.6 is 22.9 Å². The number of carbonyl (C=O) groups is 1. The molecule has 0 aliphatic carbocycles. The molecule has 0 saturated carbocycles. The summed E-state index contributed by atoms with van der Waals surface area (Å²) < 4.78 is 0.870. The van der Waals surface area contributed by atoms with Gasteiger partial charge in [0.15, 0.2) is 0 Å². The van der Waals surface area contributed by atoms with Gasteiger partial charge in [-0.25, -0.2) is 0 Å². The summed E-state index contributed by atoms with van der Waals surface area (Å²) in [5.41, 5.74) is 5.80. The standard InChI is InChI=1S/C24H33ClN2OS/c1-15-10-18(11-16(2)21(15)26-20(28)13-23(3,4)5)27-9-8-24(6,7)22-17(14-27)12-19(25)29-22/h10-12H,8-9,13-14H2,1-7H3,(H,26,28). The van der Waals surface area contributed by atoms with Crippen LogP contribution in [-0.4, -0.2) is 12.5 Å². The van der Waals surface area contributed by atoms with Gasteiger partial charge in [-0.05, 0) is 60.6 Å². The molecular weight excluding hydrogens is 400 g/mol. The summed E-state index contributed by atoms with van der Waals surface area (Å²) in [6, 6.07) is 6.53. The van der Waals surface area contributed by atoms with E-state index in [4.69, 9.17) is 11.6 Å². The minimum atomic E-state index is -0.0236. The number of thiophene rings is 1. The van der Waals surface area contributed by atoms with Crippen LogP contribution in [0.25, 0.3) is 0 Å². The molecule has 0 fully saturated rings. The topological polar surface area (TPSA) is 32.3 Å². The second kappa shape index (κ2) is 7.96. The predicted molar refractivity (Wildman–Crippen MR) is 127 cm³/mol. The van der Waals surface area contributed by atoms with Crippen molar-refractivity contribution in [3.63, 3.8) is 0 Å². The quantitative estimate of drug-likeness (QED) is 0.561. The summed E-state index contributed by atoms with van der Waals surface area (Å²) in [5.74, 6) is 0.0746. The number of nitrogens with one attached hydrogen (secondary N) is 1. The van der Waals surface area contributed by atoms with E-state index in [0.717, 1.165) is 40.7 Å². The number of hydrogen-bond acceptors (Lipinski definition) is 3. The Bertz CT molecular complexity index is 900. The maximum Gasteiger partial charge on any atom is 0.224 e. The third kappa shape index (κ3) is 5.16. The van der Waals surface area contributed by atoms with Gasteiger partial charge in [0.1, 0.15) is 0 Å². The molecule has 1 aromatic heterocycles. The Labute approximate surface area is 184 Å². The maximum atomic E-state index is 12.4. The lowest BCUT2D eigenvalue weighted by atomic mass is 9.86. The first-order valence-corrected chi connectivity index (χ1v) is 11.5. The van der Waals surface area contributed by atoms with Crippen LogP contribution in [0.1, 0.15) is 69.0 Å². The summed E-state index contributed by atoms with van der Waals surface area (Å²) in [4.78, 5) is 16.3. The number of amides is 1. The highest BCUT2D eigenvalue weighted by Crippen LogP contribution is 2.42. The van der Waals surface area contributed by atoms with Crippen LogP contribution < -0.4 is 10.2 Å². The second-order valence-corrected chi connectivity index (χ2v) is 11.9. The van der Waals surface area contributed by atoms with Crippen LogP contribution in [0.5, 0.6) is 0 Å². The van der Waals surface area contributed by atoms with Gasteiger partial charge < -0.3 is 10.2 Å². The molecule has 2 heterocycles. The molecule has 158 valence electrons. The third-order valence-corrected chi connectivity index (χ3v) is 7.27. The molecule has 0 unspecified atom stereocenters. The minimum Gasteiger partial charge on any atom is -0.367 e. The zero-order chi connectivity index (χ0) is 21.6. The molecule has 1 N–H and O–H groups in total. The molecule has 0 radical (unpaired) electrons. The number of anilines is 2. The number of rotatable bonds is 3. The van der Waals surface area contributed by atoms with Gasteiger partial charge >= 0.3 is 0 Å². The van der Waals surface area contributed by atoms with E-state index in [1.54, 1.807) is 11.3 Å². The van der Waals surface area contributed by atoms with E-state index in [9.17, 15) is 4.79 Å². The van der Waals surface area contributed by atoms with Crippen molar-refractivity contribution < 1.29 is 4.79 Å². The van der Waals surface area contributed by atoms with Crippen LogP contribution in [0.4, 0.5) is 11.4 Å². The smallest absolute Gasteiger partial charge is 0.224 e. The fourth-order valence-corrected chi connectivity index (χ4v) is 5.50. The number of nitrogens with zero attached hydrogens (tertiary/aromatic N) is 1. The van der Waals surface area contributed by atoms with Crippen molar-refractivity contribution in [1.82, 2.24) is 0 Å². The number of halogens is 1. The van der Waals surface area contributed by atoms with Crippen molar-refractivity contribution in [1.29, 1.82) is 0 Å². The number of aryl methyl sites for hydroxylation is 2. The molecule has 1 amide bonds. The molecule has 0 bridgehead atoms. The van der Waals surface area contributed by atoms with Crippen LogP contribution in [0.2, 0.25) is 4.34 Å².